The van der Waals surface area contributed by atoms with Crippen LogP contribution in [0.4, 0.5) is 4.39 Å². The average Bonchev–Trinajstić information content (AvgIpc) is 3.46. The van der Waals surface area contributed by atoms with Gasteiger partial charge in [-0.05, 0) is 44.4 Å². The van der Waals surface area contributed by atoms with Gasteiger partial charge in [-0.1, -0.05) is 12.1 Å². The minimum atomic E-state index is -0.903. The molecule has 0 aromatic heterocycles. The Kier molecular flexibility index (Phi) is 9.12. The monoisotopic (exact) mass is 520 g/mol. The lowest BCUT2D eigenvalue weighted by Gasteiger charge is -2.33. The van der Waals surface area contributed by atoms with Crippen LogP contribution in [0.1, 0.15) is 32.3 Å². The summed E-state index contributed by atoms with van der Waals surface area (Å²) in [6, 6.07) is 6.88. The predicted octanol–water partition coefficient (Wildman–Crippen LogP) is 2.11. The van der Waals surface area contributed by atoms with Crippen molar-refractivity contribution in [1.82, 2.24) is 15.5 Å². The van der Waals surface area contributed by atoms with Gasteiger partial charge in [-0.25, -0.2) is 4.39 Å². The van der Waals surface area contributed by atoms with Gasteiger partial charge in [-0.3, -0.25) is 9.89 Å². The number of β-amino-alcohol motifs (C(OH)–C–C–N with tert-alkyl or cyclic N) is 1. The molecular weight excluding hydrogens is 486 g/mol. The van der Waals surface area contributed by atoms with Gasteiger partial charge in [0.2, 0.25) is 0 Å². The van der Waals surface area contributed by atoms with Crippen molar-refractivity contribution in [2.75, 3.05) is 52.5 Å². The summed E-state index contributed by atoms with van der Waals surface area (Å²) in [5.41, 5.74) is 0.115. The lowest BCUT2D eigenvalue weighted by molar-refractivity contribution is -0.0179. The summed E-state index contributed by atoms with van der Waals surface area (Å²) in [5.74, 6) is 0.496. The van der Waals surface area contributed by atoms with Gasteiger partial charge in [0.1, 0.15) is 5.82 Å². The van der Waals surface area contributed by atoms with Crippen LogP contribution in [0, 0.1) is 5.82 Å². The van der Waals surface area contributed by atoms with E-state index < -0.39 is 5.60 Å². The van der Waals surface area contributed by atoms with E-state index in [9.17, 15) is 9.50 Å². The fourth-order valence-electron chi connectivity index (χ4n) is 3.67. The molecule has 0 amide bonds. The standard InChI is InChI=1S/C21H33FN4O2.HI/c1-3-23-19(24-14-20(2,27)16-26-9-11-28-12-10-26)25-15-21(7-8-21)17-5-4-6-18(22)13-17;/h4-6,13,27H,3,7-12,14-16H2,1-2H3,(H2,23,24,25);1H. The number of aliphatic imine (C=N–C) groups is 1. The first-order valence-corrected chi connectivity index (χ1v) is 10.2. The minimum Gasteiger partial charge on any atom is -0.387 e. The lowest BCUT2D eigenvalue weighted by Crippen LogP contribution is -2.48. The van der Waals surface area contributed by atoms with Crippen LogP contribution in [0.25, 0.3) is 0 Å². The highest BCUT2D eigenvalue weighted by Crippen LogP contribution is 2.47. The molecule has 8 heteroatoms. The van der Waals surface area contributed by atoms with E-state index in [-0.39, 0.29) is 35.2 Å². The highest BCUT2D eigenvalue weighted by Gasteiger charge is 2.44. The number of morpholine rings is 1. The van der Waals surface area contributed by atoms with Crippen LogP contribution >= 0.6 is 24.0 Å². The Morgan fingerprint density at radius 1 is 1.31 bits per heavy atom. The normalized spacial score (nSPS) is 21.0. The zero-order chi connectivity index (χ0) is 20.0. The number of hydrogen-bond donors (Lipinski definition) is 3. The highest BCUT2D eigenvalue weighted by atomic mass is 127. The van der Waals surface area contributed by atoms with Gasteiger partial charge in [-0.2, -0.15) is 0 Å². The molecule has 2 fully saturated rings. The Morgan fingerprint density at radius 3 is 2.66 bits per heavy atom. The third-order valence-electron chi connectivity index (χ3n) is 5.47. The number of guanidine groups is 1. The summed E-state index contributed by atoms with van der Waals surface area (Å²) in [6.07, 6.45) is 2.08. The first-order chi connectivity index (χ1) is 13.4. The van der Waals surface area contributed by atoms with E-state index in [2.05, 4.69) is 20.5 Å². The zero-order valence-electron chi connectivity index (χ0n) is 17.4. The number of benzene rings is 1. The van der Waals surface area contributed by atoms with Crippen molar-refractivity contribution in [1.29, 1.82) is 0 Å². The Labute approximate surface area is 190 Å². The minimum absolute atomic E-state index is 0. The maximum atomic E-state index is 13.6. The maximum absolute atomic E-state index is 13.6. The van der Waals surface area contributed by atoms with Crippen molar-refractivity contribution in [2.45, 2.75) is 37.7 Å². The first kappa shape index (κ1) is 24.3. The molecule has 6 nitrogen and oxygen atoms in total. The molecule has 0 radical (unpaired) electrons. The molecule has 0 spiro atoms. The van der Waals surface area contributed by atoms with Crippen LogP contribution in [0.3, 0.4) is 0 Å². The zero-order valence-corrected chi connectivity index (χ0v) is 19.7. The summed E-state index contributed by atoms with van der Waals surface area (Å²) in [4.78, 5) is 6.82. The van der Waals surface area contributed by atoms with Crippen molar-refractivity contribution >= 4 is 29.9 Å². The molecule has 164 valence electrons. The van der Waals surface area contributed by atoms with Gasteiger partial charge >= 0.3 is 0 Å². The number of rotatable bonds is 8. The van der Waals surface area contributed by atoms with Gasteiger partial charge < -0.3 is 20.5 Å². The van der Waals surface area contributed by atoms with Crippen molar-refractivity contribution < 1.29 is 14.2 Å². The second kappa shape index (κ2) is 10.9. The largest absolute Gasteiger partial charge is 0.387 e. The molecule has 1 aliphatic carbocycles. The average molecular weight is 520 g/mol. The second-order valence-corrected chi connectivity index (χ2v) is 8.22. The van der Waals surface area contributed by atoms with E-state index in [0.717, 1.165) is 38.0 Å². The molecule has 1 aliphatic heterocycles. The third-order valence-corrected chi connectivity index (χ3v) is 5.47. The van der Waals surface area contributed by atoms with Crippen LogP contribution in [-0.2, 0) is 10.2 Å². The fraction of sp³-hybridized carbons (Fsp3) is 0.667. The number of nitrogens with one attached hydrogen (secondary N) is 2. The van der Waals surface area contributed by atoms with Gasteiger partial charge in [-0.15, -0.1) is 24.0 Å². The molecule has 1 heterocycles. The van der Waals surface area contributed by atoms with E-state index >= 15 is 0 Å². The summed E-state index contributed by atoms with van der Waals surface area (Å²) < 4.78 is 19.0. The Morgan fingerprint density at radius 2 is 2.03 bits per heavy atom. The molecule has 1 aromatic carbocycles. The van der Waals surface area contributed by atoms with E-state index in [4.69, 9.17) is 4.74 Å². The maximum Gasteiger partial charge on any atom is 0.191 e. The number of aliphatic hydroxyl groups is 1. The Hall–Kier alpha value is -0.970. The van der Waals surface area contributed by atoms with Crippen LogP contribution in [0.15, 0.2) is 29.3 Å². The highest BCUT2D eigenvalue weighted by molar-refractivity contribution is 14.0. The van der Waals surface area contributed by atoms with Crippen molar-refractivity contribution in [3.8, 4) is 0 Å². The fourth-order valence-corrected chi connectivity index (χ4v) is 3.67. The molecule has 1 atom stereocenters. The van der Waals surface area contributed by atoms with E-state index in [1.54, 1.807) is 12.1 Å². The topological polar surface area (TPSA) is 69.1 Å². The van der Waals surface area contributed by atoms with Gasteiger partial charge in [0.25, 0.3) is 0 Å². The number of halogens is 2. The van der Waals surface area contributed by atoms with Crippen LogP contribution in [0.5, 0.6) is 0 Å². The molecule has 3 N–H and O–H groups in total. The first-order valence-electron chi connectivity index (χ1n) is 10.2. The Bertz CT molecular complexity index is 676. The summed E-state index contributed by atoms with van der Waals surface area (Å²) in [7, 11) is 0. The van der Waals surface area contributed by atoms with Crippen LogP contribution in [-0.4, -0.2) is 74.0 Å². The summed E-state index contributed by atoms with van der Waals surface area (Å²) >= 11 is 0. The Balaban J connectivity index is 0.00000300. The van der Waals surface area contributed by atoms with Crippen molar-refractivity contribution in [3.05, 3.63) is 35.6 Å². The van der Waals surface area contributed by atoms with Crippen molar-refractivity contribution in [2.24, 2.45) is 4.99 Å². The number of nitrogens with zero attached hydrogens (tertiary/aromatic N) is 2. The molecule has 29 heavy (non-hydrogen) atoms. The van der Waals surface area contributed by atoms with Crippen LogP contribution in [0.2, 0.25) is 0 Å². The molecule has 0 bridgehead atoms. The quantitative estimate of drug-likeness (QED) is 0.279. The van der Waals surface area contributed by atoms with E-state index in [0.29, 0.717) is 38.8 Å². The van der Waals surface area contributed by atoms with Gasteiger partial charge in [0.05, 0.1) is 25.4 Å². The molecular formula is C21H34FIN4O2. The van der Waals surface area contributed by atoms with E-state index in [1.165, 1.54) is 6.07 Å². The summed E-state index contributed by atoms with van der Waals surface area (Å²) in [6.45, 7) is 9.28. The molecule has 1 aromatic rings. The molecule has 1 saturated heterocycles. The van der Waals surface area contributed by atoms with Crippen molar-refractivity contribution in [3.63, 3.8) is 0 Å². The SMILES string of the molecule is CCNC(=NCC(C)(O)CN1CCOCC1)NCC1(c2cccc(F)c2)CC1.I. The molecule has 1 saturated carbocycles. The third kappa shape index (κ3) is 7.34. The summed E-state index contributed by atoms with van der Waals surface area (Å²) in [5, 5.41) is 17.4. The lowest BCUT2D eigenvalue weighted by atomic mass is 9.96. The molecule has 3 rings (SSSR count). The molecule has 1 unspecified atom stereocenters. The van der Waals surface area contributed by atoms with Gasteiger partial charge in [0.15, 0.2) is 5.96 Å². The molecule has 2 aliphatic rings. The van der Waals surface area contributed by atoms with Gasteiger partial charge in [0, 0.05) is 38.1 Å². The van der Waals surface area contributed by atoms with Crippen LogP contribution < -0.4 is 10.6 Å². The number of hydrogen-bond acceptors (Lipinski definition) is 4. The number of ether oxygens (including phenoxy) is 1. The second-order valence-electron chi connectivity index (χ2n) is 8.22. The smallest absolute Gasteiger partial charge is 0.191 e. The van der Waals surface area contributed by atoms with E-state index in [1.807, 2.05) is 19.9 Å². The predicted molar refractivity (Wildman–Crippen MR) is 125 cm³/mol.